The lowest BCUT2D eigenvalue weighted by atomic mass is 9.64. The first kappa shape index (κ1) is 23.9. The zero-order valence-electron chi connectivity index (χ0n) is 21.1. The number of Topliss-reactive ketones (excluding diaryl/α,β-unsaturated/α-hetero) is 3. The van der Waals surface area contributed by atoms with Crippen LogP contribution in [0.3, 0.4) is 0 Å². The average Bonchev–Trinajstić information content (AvgIpc) is 3.43. The molecule has 1 saturated heterocycles. The third-order valence-corrected chi connectivity index (χ3v) is 8.50. The molecule has 0 saturated carbocycles. The molecule has 3 atom stereocenters. The third-order valence-electron chi connectivity index (χ3n) is 8.50. The molecule has 3 aliphatic rings. The van der Waals surface area contributed by atoms with E-state index in [1.165, 1.54) is 12.1 Å². The molecular formula is C33H22N2O5. The van der Waals surface area contributed by atoms with Crippen LogP contribution in [0.2, 0.25) is 0 Å². The van der Waals surface area contributed by atoms with Crippen molar-refractivity contribution in [2.24, 2.45) is 5.41 Å². The lowest BCUT2D eigenvalue weighted by Crippen LogP contribution is -2.48. The SMILES string of the molecule is O=C(c1ccccc1)[C@@H]1[C@H](c2ccc([N+](=O)[O-])cc2)C2(C(=O)c3ccccc3C2=O)[C@@H]2C=Cc3ccccc3N12. The minimum atomic E-state index is -1.64. The zero-order chi connectivity index (χ0) is 27.6. The predicted molar refractivity (Wildman–Crippen MR) is 150 cm³/mol. The van der Waals surface area contributed by atoms with E-state index in [1.807, 2.05) is 47.4 Å². The normalized spacial score (nSPS) is 21.7. The van der Waals surface area contributed by atoms with Crippen molar-refractivity contribution in [2.45, 2.75) is 18.0 Å². The number of ketones is 3. The van der Waals surface area contributed by atoms with E-state index < -0.39 is 28.3 Å². The van der Waals surface area contributed by atoms with Crippen LogP contribution in [0.25, 0.3) is 6.08 Å². The number of nitrogens with zero attached hydrogens (tertiary/aromatic N) is 2. The lowest BCUT2D eigenvalue weighted by molar-refractivity contribution is -0.384. The van der Waals surface area contributed by atoms with Crippen molar-refractivity contribution in [1.29, 1.82) is 0 Å². The van der Waals surface area contributed by atoms with Gasteiger partial charge in [-0.05, 0) is 17.2 Å². The minimum Gasteiger partial charge on any atom is -0.352 e. The number of nitro benzene ring substituents is 1. The quantitative estimate of drug-likeness (QED) is 0.142. The predicted octanol–water partition coefficient (Wildman–Crippen LogP) is 5.91. The van der Waals surface area contributed by atoms with Gasteiger partial charge in [0.15, 0.2) is 17.3 Å². The fourth-order valence-electron chi connectivity index (χ4n) is 6.87. The topological polar surface area (TPSA) is 97.6 Å². The Bertz CT molecular complexity index is 1720. The summed E-state index contributed by atoms with van der Waals surface area (Å²) < 4.78 is 0. The van der Waals surface area contributed by atoms with E-state index in [2.05, 4.69) is 0 Å². The third kappa shape index (κ3) is 3.09. The molecule has 1 spiro atoms. The highest BCUT2D eigenvalue weighted by atomic mass is 16.6. The standard InChI is InChI=1S/C33H22N2O5/c36-30(22-9-2-1-3-10-22)29-28(21-14-17-23(18-15-21)35(39)40)33(31(37)24-11-5-6-12-25(24)32(33)38)27-19-16-20-8-4-7-13-26(20)34(27)29/h1-19,27-29H/t27-,28-,29-/m0/s1. The number of hydrogen-bond donors (Lipinski definition) is 0. The van der Waals surface area contributed by atoms with Crippen LogP contribution in [0, 0.1) is 15.5 Å². The molecule has 7 rings (SSSR count). The van der Waals surface area contributed by atoms with Gasteiger partial charge in [0.2, 0.25) is 0 Å². The highest BCUT2D eigenvalue weighted by molar-refractivity contribution is 6.32. The Morgan fingerprint density at radius 2 is 1.38 bits per heavy atom. The molecule has 2 aliphatic heterocycles. The maximum absolute atomic E-state index is 14.6. The van der Waals surface area contributed by atoms with Crippen LogP contribution in [-0.4, -0.2) is 34.4 Å². The Balaban J connectivity index is 1.54. The van der Waals surface area contributed by atoms with Gasteiger partial charge in [0.1, 0.15) is 11.5 Å². The van der Waals surface area contributed by atoms with Gasteiger partial charge in [-0.25, -0.2) is 0 Å². The van der Waals surface area contributed by atoms with E-state index in [1.54, 1.807) is 60.7 Å². The number of carbonyl (C=O) groups excluding carboxylic acids is 3. The summed E-state index contributed by atoms with van der Waals surface area (Å²) in [7, 11) is 0. The highest BCUT2D eigenvalue weighted by Crippen LogP contribution is 2.61. The molecule has 7 nitrogen and oxygen atoms in total. The van der Waals surface area contributed by atoms with Gasteiger partial charge in [-0.15, -0.1) is 0 Å². The van der Waals surface area contributed by atoms with Crippen molar-refractivity contribution in [1.82, 2.24) is 0 Å². The van der Waals surface area contributed by atoms with E-state index >= 15 is 0 Å². The number of para-hydroxylation sites is 1. The largest absolute Gasteiger partial charge is 0.352 e. The minimum absolute atomic E-state index is 0.114. The van der Waals surface area contributed by atoms with Gasteiger partial charge in [-0.2, -0.15) is 0 Å². The Morgan fingerprint density at radius 1 is 0.775 bits per heavy atom. The summed E-state index contributed by atoms with van der Waals surface area (Å²) >= 11 is 0. The molecular weight excluding hydrogens is 504 g/mol. The molecule has 0 bridgehead atoms. The van der Waals surface area contributed by atoms with E-state index in [0.717, 1.165) is 11.3 Å². The van der Waals surface area contributed by atoms with Crippen molar-refractivity contribution < 1.29 is 19.3 Å². The molecule has 0 amide bonds. The molecule has 0 aromatic heterocycles. The van der Waals surface area contributed by atoms with Crippen LogP contribution >= 0.6 is 0 Å². The highest BCUT2D eigenvalue weighted by Gasteiger charge is 2.71. The van der Waals surface area contributed by atoms with Gasteiger partial charge < -0.3 is 4.90 Å². The van der Waals surface area contributed by atoms with E-state index in [0.29, 0.717) is 22.3 Å². The monoisotopic (exact) mass is 526 g/mol. The van der Waals surface area contributed by atoms with Crippen LogP contribution in [0.15, 0.2) is 109 Å². The fourth-order valence-corrected chi connectivity index (χ4v) is 6.87. The van der Waals surface area contributed by atoms with Gasteiger partial charge in [-0.1, -0.05) is 97.1 Å². The summed E-state index contributed by atoms with van der Waals surface area (Å²) in [5.74, 6) is -1.81. The molecule has 4 aromatic carbocycles. The number of non-ortho nitro benzene ring substituents is 1. The molecule has 0 N–H and O–H groups in total. The van der Waals surface area contributed by atoms with Crippen molar-refractivity contribution >= 4 is 34.8 Å². The van der Waals surface area contributed by atoms with E-state index in [4.69, 9.17) is 0 Å². The molecule has 4 aromatic rings. The number of carbonyl (C=O) groups is 3. The molecule has 7 heteroatoms. The fraction of sp³-hybridized carbons (Fsp3) is 0.121. The van der Waals surface area contributed by atoms with Gasteiger partial charge in [-0.3, -0.25) is 24.5 Å². The summed E-state index contributed by atoms with van der Waals surface area (Å²) in [6.07, 6.45) is 3.77. The molecule has 1 fully saturated rings. The summed E-state index contributed by atoms with van der Waals surface area (Å²) in [6.45, 7) is 0. The first-order valence-electron chi connectivity index (χ1n) is 13.0. The van der Waals surface area contributed by atoms with Crippen LogP contribution in [0.4, 0.5) is 11.4 Å². The molecule has 40 heavy (non-hydrogen) atoms. The summed E-state index contributed by atoms with van der Waals surface area (Å²) in [5, 5.41) is 11.5. The Kier molecular flexibility index (Phi) is 5.19. The van der Waals surface area contributed by atoms with Crippen molar-refractivity contribution in [3.8, 4) is 0 Å². The number of benzene rings is 4. The van der Waals surface area contributed by atoms with Gasteiger partial charge in [0.25, 0.3) is 5.69 Å². The Labute approximate surface area is 229 Å². The Hall–Kier alpha value is -5.17. The van der Waals surface area contributed by atoms with E-state index in [-0.39, 0.29) is 23.0 Å². The van der Waals surface area contributed by atoms with Crippen molar-refractivity contribution in [3.05, 3.63) is 147 Å². The average molecular weight is 527 g/mol. The second-order valence-corrected chi connectivity index (χ2v) is 10.3. The van der Waals surface area contributed by atoms with Crippen molar-refractivity contribution in [2.75, 3.05) is 4.90 Å². The first-order valence-corrected chi connectivity index (χ1v) is 13.0. The van der Waals surface area contributed by atoms with Crippen LogP contribution in [-0.2, 0) is 0 Å². The maximum atomic E-state index is 14.6. The number of anilines is 1. The lowest BCUT2D eigenvalue weighted by Gasteiger charge is -2.37. The van der Waals surface area contributed by atoms with Gasteiger partial charge in [0, 0.05) is 40.4 Å². The maximum Gasteiger partial charge on any atom is 0.269 e. The van der Waals surface area contributed by atoms with Gasteiger partial charge >= 0.3 is 0 Å². The Morgan fingerprint density at radius 3 is 2.02 bits per heavy atom. The van der Waals surface area contributed by atoms with Crippen LogP contribution < -0.4 is 4.90 Å². The van der Waals surface area contributed by atoms with Crippen LogP contribution in [0.1, 0.15) is 48.1 Å². The van der Waals surface area contributed by atoms with Crippen LogP contribution in [0.5, 0.6) is 0 Å². The molecule has 2 heterocycles. The molecule has 194 valence electrons. The number of fused-ring (bicyclic) bond motifs is 5. The molecule has 1 aliphatic carbocycles. The zero-order valence-corrected chi connectivity index (χ0v) is 21.1. The smallest absolute Gasteiger partial charge is 0.269 e. The number of rotatable bonds is 4. The van der Waals surface area contributed by atoms with Gasteiger partial charge in [0.05, 0.1) is 11.0 Å². The second-order valence-electron chi connectivity index (χ2n) is 10.3. The van der Waals surface area contributed by atoms with E-state index in [9.17, 15) is 24.5 Å². The van der Waals surface area contributed by atoms with Crippen molar-refractivity contribution in [3.63, 3.8) is 0 Å². The first-order chi connectivity index (χ1) is 19.4. The summed E-state index contributed by atoms with van der Waals surface area (Å²) in [4.78, 5) is 56.5. The summed E-state index contributed by atoms with van der Waals surface area (Å²) in [6, 6.07) is 27.5. The second kappa shape index (κ2) is 8.68. The summed E-state index contributed by atoms with van der Waals surface area (Å²) in [5.41, 5.74) is 1.52. The molecule has 0 radical (unpaired) electrons. The number of hydrogen-bond acceptors (Lipinski definition) is 6. The number of nitro groups is 1. The molecule has 0 unspecified atom stereocenters.